The van der Waals surface area contributed by atoms with Crippen molar-refractivity contribution < 1.29 is 4.39 Å². The third-order valence-electron chi connectivity index (χ3n) is 6.41. The molecule has 0 bridgehead atoms. The summed E-state index contributed by atoms with van der Waals surface area (Å²) < 4.78 is 14.1. The number of hydrogen-bond acceptors (Lipinski definition) is 5. The Balaban J connectivity index is 1.58. The van der Waals surface area contributed by atoms with Gasteiger partial charge in [0.25, 0.3) is 0 Å². The van der Waals surface area contributed by atoms with Crippen LogP contribution in [0.1, 0.15) is 25.0 Å². The number of rotatable bonds is 5. The van der Waals surface area contributed by atoms with E-state index in [2.05, 4.69) is 57.8 Å². The van der Waals surface area contributed by atoms with Crippen LogP contribution in [0, 0.1) is 17.7 Å². The number of nitrogens with one attached hydrogen (secondary N) is 2. The summed E-state index contributed by atoms with van der Waals surface area (Å²) in [5.74, 6) is 0.515. The van der Waals surface area contributed by atoms with Crippen molar-refractivity contribution in [3.05, 3.63) is 84.7 Å². The molecule has 0 aliphatic carbocycles. The number of benzene rings is 2. The molecule has 33 heavy (non-hydrogen) atoms. The number of fused-ring (bicyclic) bond motifs is 2. The molecule has 1 aliphatic rings. The summed E-state index contributed by atoms with van der Waals surface area (Å²) in [5.41, 5.74) is 5.95. The quantitative estimate of drug-likeness (QED) is 0.424. The molecule has 5 rings (SSSR count). The van der Waals surface area contributed by atoms with Crippen molar-refractivity contribution in [2.24, 2.45) is 16.8 Å². The Hall–Kier alpha value is -3.87. The van der Waals surface area contributed by atoms with Gasteiger partial charge in [0.15, 0.2) is 11.5 Å². The highest BCUT2D eigenvalue weighted by molar-refractivity contribution is 6.00. The van der Waals surface area contributed by atoms with Crippen molar-refractivity contribution in [3.8, 4) is 0 Å². The lowest BCUT2D eigenvalue weighted by molar-refractivity contribution is 0.546. The largest absolute Gasteiger partial charge is 0.360 e. The molecule has 0 fully saturated rings. The fourth-order valence-corrected chi connectivity index (χ4v) is 4.55. The molecule has 7 heteroatoms. The molecule has 6 nitrogen and oxygen atoms in total. The highest BCUT2D eigenvalue weighted by atomic mass is 19.1. The Morgan fingerprint density at radius 2 is 1.94 bits per heavy atom. The summed E-state index contributed by atoms with van der Waals surface area (Å²) in [6, 6.07) is 14.9. The zero-order chi connectivity index (χ0) is 22.9. The van der Waals surface area contributed by atoms with Gasteiger partial charge in [-0.25, -0.2) is 19.3 Å². The maximum Gasteiger partial charge on any atom is 0.182 e. The topological polar surface area (TPSA) is 78.8 Å². The molecule has 3 atom stereocenters. The smallest absolute Gasteiger partial charge is 0.182 e. The molecule has 0 saturated heterocycles. The highest BCUT2D eigenvalue weighted by Gasteiger charge is 2.33. The van der Waals surface area contributed by atoms with Crippen molar-refractivity contribution in [2.75, 3.05) is 5.32 Å². The molecule has 2 N–H and O–H groups in total. The van der Waals surface area contributed by atoms with Crippen molar-refractivity contribution in [3.63, 3.8) is 0 Å². The van der Waals surface area contributed by atoms with E-state index in [-0.39, 0.29) is 23.7 Å². The maximum absolute atomic E-state index is 14.1. The lowest BCUT2D eigenvalue weighted by Gasteiger charge is -2.29. The van der Waals surface area contributed by atoms with E-state index in [1.54, 1.807) is 12.4 Å². The van der Waals surface area contributed by atoms with Gasteiger partial charge in [-0.15, -0.1) is 0 Å². The zero-order valence-electron chi connectivity index (χ0n) is 18.6. The van der Waals surface area contributed by atoms with E-state index in [0.717, 1.165) is 34.5 Å². The van der Waals surface area contributed by atoms with Gasteiger partial charge in [0.2, 0.25) is 0 Å². The number of anilines is 1. The normalized spacial score (nSPS) is 19.0. The van der Waals surface area contributed by atoms with Gasteiger partial charge in [0, 0.05) is 17.2 Å². The van der Waals surface area contributed by atoms with Gasteiger partial charge in [0.05, 0.1) is 18.1 Å². The van der Waals surface area contributed by atoms with E-state index in [1.165, 1.54) is 24.0 Å². The summed E-state index contributed by atoms with van der Waals surface area (Å²) in [4.78, 5) is 21.0. The van der Waals surface area contributed by atoms with Crippen molar-refractivity contribution >= 4 is 34.0 Å². The zero-order valence-corrected chi connectivity index (χ0v) is 18.6. The fourth-order valence-electron chi connectivity index (χ4n) is 4.55. The average Bonchev–Trinajstić information content (AvgIpc) is 3.28. The molecule has 0 radical (unpaired) electrons. The number of aromatic nitrogens is 4. The van der Waals surface area contributed by atoms with Crippen LogP contribution in [0.25, 0.3) is 16.7 Å². The van der Waals surface area contributed by atoms with E-state index in [1.807, 2.05) is 18.2 Å². The average molecular weight is 441 g/mol. The number of nitrogens with zero attached hydrogens (tertiary/aromatic N) is 4. The summed E-state index contributed by atoms with van der Waals surface area (Å²) in [6.45, 7) is 8.57. The second-order valence-corrected chi connectivity index (χ2v) is 8.50. The Bertz CT molecular complexity index is 1340. The van der Waals surface area contributed by atoms with Gasteiger partial charge < -0.3 is 10.3 Å². The van der Waals surface area contributed by atoms with Crippen LogP contribution in [0.2, 0.25) is 0 Å². The molecule has 3 heterocycles. The van der Waals surface area contributed by atoms with Crippen LogP contribution in [0.3, 0.4) is 0 Å². The van der Waals surface area contributed by atoms with E-state index >= 15 is 0 Å². The Morgan fingerprint density at radius 3 is 2.76 bits per heavy atom. The Labute approximate surface area is 191 Å². The Morgan fingerprint density at radius 1 is 1.12 bits per heavy atom. The second-order valence-electron chi connectivity index (χ2n) is 8.50. The molecule has 0 spiro atoms. The van der Waals surface area contributed by atoms with Gasteiger partial charge in [-0.05, 0) is 48.6 Å². The molecular weight excluding hydrogens is 415 g/mol. The fraction of sp³-hybridized carbons (Fsp3) is 0.231. The maximum atomic E-state index is 14.1. The van der Waals surface area contributed by atoms with Gasteiger partial charge >= 0.3 is 0 Å². The van der Waals surface area contributed by atoms with Crippen LogP contribution in [0.4, 0.5) is 15.9 Å². The number of allylic oxidation sites excluding steroid dienone is 1. The number of H-pyrrole nitrogens is 1. The minimum absolute atomic E-state index is 0.0637. The standard InChI is InChI=1S/C26H25FN6/c1-15-16(2)21(11-18-7-5-4-6-8-18)23(33-22-10-9-19(27)12-20(15)22)17(3)32-26-24-25(29-13-28-24)30-14-31-26/h4-10,12-14,16-17,21H,1,11H2,2-3H3,(H2,28,29,30,31,32). The number of aliphatic imine (C=N–C) groups is 1. The summed E-state index contributed by atoms with van der Waals surface area (Å²) in [7, 11) is 0. The first-order chi connectivity index (χ1) is 16.0. The molecule has 3 unspecified atom stereocenters. The van der Waals surface area contributed by atoms with Crippen LogP contribution in [-0.4, -0.2) is 31.7 Å². The van der Waals surface area contributed by atoms with Crippen molar-refractivity contribution in [1.29, 1.82) is 0 Å². The number of hydrogen-bond donors (Lipinski definition) is 2. The lowest BCUT2D eigenvalue weighted by Crippen LogP contribution is -2.36. The van der Waals surface area contributed by atoms with E-state index < -0.39 is 0 Å². The predicted molar refractivity (Wildman–Crippen MR) is 130 cm³/mol. The monoisotopic (exact) mass is 440 g/mol. The first kappa shape index (κ1) is 21.0. The van der Waals surface area contributed by atoms with Gasteiger partial charge in [-0.1, -0.05) is 43.8 Å². The van der Waals surface area contributed by atoms with E-state index in [4.69, 9.17) is 4.99 Å². The van der Waals surface area contributed by atoms with Gasteiger partial charge in [-0.3, -0.25) is 4.99 Å². The Kier molecular flexibility index (Phi) is 5.46. The van der Waals surface area contributed by atoms with Crippen LogP contribution in [0.5, 0.6) is 0 Å². The number of halogens is 1. The van der Waals surface area contributed by atoms with Crippen molar-refractivity contribution in [2.45, 2.75) is 26.3 Å². The summed E-state index contributed by atoms with van der Waals surface area (Å²) >= 11 is 0. The number of imidazole rings is 1. The number of aromatic amines is 1. The molecule has 2 aromatic heterocycles. The predicted octanol–water partition coefficient (Wildman–Crippen LogP) is 5.59. The summed E-state index contributed by atoms with van der Waals surface area (Å²) in [5, 5.41) is 3.50. The molecule has 2 aromatic carbocycles. The minimum atomic E-state index is -0.283. The first-order valence-corrected chi connectivity index (χ1v) is 11.0. The molecular formula is C26H25FN6. The van der Waals surface area contributed by atoms with Crippen LogP contribution >= 0.6 is 0 Å². The molecule has 0 saturated carbocycles. The summed E-state index contributed by atoms with van der Waals surface area (Å²) in [6.07, 6.45) is 3.90. The van der Waals surface area contributed by atoms with E-state index in [0.29, 0.717) is 11.5 Å². The molecule has 0 amide bonds. The first-order valence-electron chi connectivity index (χ1n) is 11.0. The highest BCUT2D eigenvalue weighted by Crippen LogP contribution is 2.40. The third-order valence-corrected chi connectivity index (χ3v) is 6.41. The lowest BCUT2D eigenvalue weighted by atomic mass is 9.77. The van der Waals surface area contributed by atoms with Gasteiger partial charge in [0.1, 0.15) is 17.7 Å². The SMILES string of the molecule is C=C1c2cc(F)ccc2N=C(C(C)Nc2ncnc3nc[nH]c23)C(Cc2ccccc2)C1C. The third kappa shape index (κ3) is 4.02. The van der Waals surface area contributed by atoms with Crippen LogP contribution in [0.15, 0.2) is 72.8 Å². The minimum Gasteiger partial charge on any atom is -0.360 e. The second kappa shape index (κ2) is 8.58. The van der Waals surface area contributed by atoms with Crippen molar-refractivity contribution in [1.82, 2.24) is 19.9 Å². The van der Waals surface area contributed by atoms with Gasteiger partial charge in [-0.2, -0.15) is 0 Å². The van der Waals surface area contributed by atoms with Crippen LogP contribution in [-0.2, 0) is 6.42 Å². The van der Waals surface area contributed by atoms with E-state index in [9.17, 15) is 4.39 Å². The molecule has 4 aromatic rings. The van der Waals surface area contributed by atoms with Crippen LogP contribution < -0.4 is 5.32 Å². The molecule has 166 valence electrons. The molecule has 1 aliphatic heterocycles.